The van der Waals surface area contributed by atoms with Crippen LogP contribution in [-0.2, 0) is 11.2 Å². The number of morpholine rings is 1. The van der Waals surface area contributed by atoms with Gasteiger partial charge in [-0.1, -0.05) is 23.7 Å². The number of methoxy groups -OCH3 is 1. The van der Waals surface area contributed by atoms with Crippen molar-refractivity contribution in [3.8, 4) is 5.75 Å². The van der Waals surface area contributed by atoms with Gasteiger partial charge < -0.3 is 19.7 Å². The third kappa shape index (κ3) is 4.97. The molecular weight excluding hydrogens is 414 g/mol. The smallest absolute Gasteiger partial charge is 0.255 e. The fourth-order valence-corrected chi connectivity index (χ4v) is 4.67. The SMILES string of the molecule is COc1ccc(Cl)cc1C(=O)NCC(c1ccc2c(c1)CCCN2C)N1CCOCC1. The molecule has 4 rings (SSSR count). The molecule has 2 aromatic rings. The minimum absolute atomic E-state index is 0.0792. The Balaban J connectivity index is 1.56. The van der Waals surface area contributed by atoms with Crippen LogP contribution in [0.25, 0.3) is 0 Å². The zero-order valence-electron chi connectivity index (χ0n) is 18.2. The molecule has 2 aromatic carbocycles. The van der Waals surface area contributed by atoms with Crippen LogP contribution in [0.3, 0.4) is 0 Å². The van der Waals surface area contributed by atoms with Gasteiger partial charge >= 0.3 is 0 Å². The quantitative estimate of drug-likeness (QED) is 0.740. The van der Waals surface area contributed by atoms with E-state index >= 15 is 0 Å². The number of rotatable bonds is 6. The number of hydrogen-bond donors (Lipinski definition) is 1. The van der Waals surface area contributed by atoms with Crippen LogP contribution in [0.5, 0.6) is 5.75 Å². The average Bonchev–Trinajstić information content (AvgIpc) is 2.80. The molecule has 0 aromatic heterocycles. The van der Waals surface area contributed by atoms with E-state index in [0.717, 1.165) is 26.1 Å². The van der Waals surface area contributed by atoms with Gasteiger partial charge in [0, 0.05) is 43.9 Å². The second-order valence-electron chi connectivity index (χ2n) is 8.13. The van der Waals surface area contributed by atoms with E-state index in [1.54, 1.807) is 25.3 Å². The largest absolute Gasteiger partial charge is 0.496 e. The van der Waals surface area contributed by atoms with E-state index in [1.807, 2.05) is 0 Å². The van der Waals surface area contributed by atoms with Crippen molar-refractivity contribution in [3.63, 3.8) is 0 Å². The summed E-state index contributed by atoms with van der Waals surface area (Å²) in [6, 6.07) is 11.9. The van der Waals surface area contributed by atoms with Gasteiger partial charge in [0.1, 0.15) is 5.75 Å². The van der Waals surface area contributed by atoms with Gasteiger partial charge in [0.15, 0.2) is 0 Å². The number of halogens is 1. The van der Waals surface area contributed by atoms with Crippen LogP contribution >= 0.6 is 11.6 Å². The Kier molecular flexibility index (Phi) is 7.00. The second kappa shape index (κ2) is 9.90. The van der Waals surface area contributed by atoms with Crippen LogP contribution < -0.4 is 15.0 Å². The van der Waals surface area contributed by atoms with Gasteiger partial charge in [0.25, 0.3) is 5.91 Å². The average molecular weight is 444 g/mol. The van der Waals surface area contributed by atoms with Crippen LogP contribution in [0, 0.1) is 0 Å². The lowest BCUT2D eigenvalue weighted by Crippen LogP contribution is -2.44. The lowest BCUT2D eigenvalue weighted by atomic mass is 9.95. The first-order chi connectivity index (χ1) is 15.1. The molecule has 0 saturated carbocycles. The van der Waals surface area contributed by atoms with E-state index in [1.165, 1.54) is 23.2 Å². The lowest BCUT2D eigenvalue weighted by molar-refractivity contribution is 0.0162. The number of fused-ring (bicyclic) bond motifs is 1. The third-order valence-corrected chi connectivity index (χ3v) is 6.42. The number of nitrogens with zero attached hydrogens (tertiary/aromatic N) is 2. The molecule has 0 aliphatic carbocycles. The first kappa shape index (κ1) is 21.9. The molecule has 1 N–H and O–H groups in total. The van der Waals surface area contributed by atoms with Gasteiger partial charge in [-0.15, -0.1) is 0 Å². The summed E-state index contributed by atoms with van der Waals surface area (Å²) in [4.78, 5) is 17.7. The highest BCUT2D eigenvalue weighted by Gasteiger charge is 2.25. The van der Waals surface area contributed by atoms with Crippen molar-refractivity contribution < 1.29 is 14.3 Å². The number of ether oxygens (including phenoxy) is 2. The number of aryl methyl sites for hydroxylation is 1. The molecule has 1 unspecified atom stereocenters. The van der Waals surface area contributed by atoms with E-state index in [2.05, 4.69) is 40.4 Å². The van der Waals surface area contributed by atoms with Crippen LogP contribution in [0.2, 0.25) is 5.02 Å². The standard InChI is InChI=1S/C24H30ClN3O3/c1-27-9-3-4-17-14-18(5-7-21(17)27)22(28-10-12-31-13-11-28)16-26-24(29)20-15-19(25)6-8-23(20)30-2/h5-8,14-15,22H,3-4,9-13,16H2,1-2H3,(H,26,29). The van der Waals surface area contributed by atoms with E-state index in [-0.39, 0.29) is 11.9 Å². The molecule has 2 aliphatic rings. The summed E-state index contributed by atoms with van der Waals surface area (Å²) in [6.07, 6.45) is 2.26. The summed E-state index contributed by atoms with van der Waals surface area (Å²) < 4.78 is 10.9. The van der Waals surface area contributed by atoms with Gasteiger partial charge in [-0.2, -0.15) is 0 Å². The van der Waals surface area contributed by atoms with Crippen LogP contribution in [0.1, 0.15) is 33.9 Å². The zero-order chi connectivity index (χ0) is 21.8. The predicted molar refractivity (Wildman–Crippen MR) is 124 cm³/mol. The maximum atomic E-state index is 13.0. The molecule has 1 amide bonds. The Bertz CT molecular complexity index is 930. The molecule has 0 bridgehead atoms. The number of carbonyl (C=O) groups is 1. The fourth-order valence-electron chi connectivity index (χ4n) is 4.50. The number of nitrogens with one attached hydrogen (secondary N) is 1. The van der Waals surface area contributed by atoms with Crippen molar-refractivity contribution in [3.05, 3.63) is 58.1 Å². The van der Waals surface area contributed by atoms with Gasteiger partial charge in [0.2, 0.25) is 0 Å². The minimum atomic E-state index is -0.185. The van der Waals surface area contributed by atoms with E-state index in [4.69, 9.17) is 21.1 Å². The third-order valence-electron chi connectivity index (χ3n) is 6.19. The van der Waals surface area contributed by atoms with Crippen molar-refractivity contribution in [1.29, 1.82) is 0 Å². The fraction of sp³-hybridized carbons (Fsp3) is 0.458. The van der Waals surface area contributed by atoms with E-state index < -0.39 is 0 Å². The van der Waals surface area contributed by atoms with Gasteiger partial charge in [-0.3, -0.25) is 9.69 Å². The summed E-state index contributed by atoms with van der Waals surface area (Å²) in [6.45, 7) is 4.70. The topological polar surface area (TPSA) is 54.0 Å². The maximum absolute atomic E-state index is 13.0. The predicted octanol–water partition coefficient (Wildman–Crippen LogP) is 3.53. The number of anilines is 1. The van der Waals surface area contributed by atoms with Gasteiger partial charge in [0.05, 0.1) is 31.9 Å². The van der Waals surface area contributed by atoms with Gasteiger partial charge in [-0.05, 0) is 48.2 Å². The molecule has 1 fully saturated rings. The molecule has 0 radical (unpaired) electrons. The second-order valence-corrected chi connectivity index (χ2v) is 8.57. The normalized spacial score (nSPS) is 17.7. The Morgan fingerprint density at radius 1 is 1.19 bits per heavy atom. The van der Waals surface area contributed by atoms with Gasteiger partial charge in [-0.25, -0.2) is 0 Å². The Labute approximate surface area is 189 Å². The molecule has 166 valence electrons. The molecule has 1 atom stereocenters. The molecular formula is C24H30ClN3O3. The van der Waals surface area contributed by atoms with Crippen LogP contribution in [0.15, 0.2) is 36.4 Å². The Morgan fingerprint density at radius 2 is 2.00 bits per heavy atom. The molecule has 0 spiro atoms. The number of benzene rings is 2. The molecule has 6 nitrogen and oxygen atoms in total. The number of carbonyl (C=O) groups excluding carboxylic acids is 1. The summed E-state index contributed by atoms with van der Waals surface area (Å²) in [7, 11) is 3.70. The van der Waals surface area contributed by atoms with Crippen molar-refractivity contribution in [2.45, 2.75) is 18.9 Å². The Hall–Kier alpha value is -2.28. The maximum Gasteiger partial charge on any atom is 0.255 e. The summed E-state index contributed by atoms with van der Waals surface area (Å²) in [5.74, 6) is 0.331. The zero-order valence-corrected chi connectivity index (χ0v) is 19.0. The number of hydrogen-bond acceptors (Lipinski definition) is 5. The van der Waals surface area contributed by atoms with Crippen molar-refractivity contribution in [2.75, 3.05) is 58.5 Å². The highest BCUT2D eigenvalue weighted by molar-refractivity contribution is 6.31. The summed E-state index contributed by atoms with van der Waals surface area (Å²) in [5.41, 5.74) is 4.37. The highest BCUT2D eigenvalue weighted by atomic mass is 35.5. The molecule has 1 saturated heterocycles. The summed E-state index contributed by atoms with van der Waals surface area (Å²) in [5, 5.41) is 3.62. The lowest BCUT2D eigenvalue weighted by Gasteiger charge is -2.36. The summed E-state index contributed by atoms with van der Waals surface area (Å²) >= 11 is 6.12. The molecule has 2 aliphatic heterocycles. The highest BCUT2D eigenvalue weighted by Crippen LogP contribution is 2.31. The minimum Gasteiger partial charge on any atom is -0.496 e. The first-order valence-electron chi connectivity index (χ1n) is 10.8. The van der Waals surface area contributed by atoms with Crippen molar-refractivity contribution >= 4 is 23.2 Å². The first-order valence-corrected chi connectivity index (χ1v) is 11.2. The Morgan fingerprint density at radius 3 is 2.77 bits per heavy atom. The van der Waals surface area contributed by atoms with Crippen molar-refractivity contribution in [1.82, 2.24) is 10.2 Å². The van der Waals surface area contributed by atoms with Crippen LogP contribution in [0.4, 0.5) is 5.69 Å². The van der Waals surface area contributed by atoms with Crippen molar-refractivity contribution in [2.24, 2.45) is 0 Å². The molecule has 2 heterocycles. The van der Waals surface area contributed by atoms with Crippen LogP contribution in [-0.4, -0.2) is 64.4 Å². The van der Waals surface area contributed by atoms with E-state index in [0.29, 0.717) is 36.1 Å². The molecule has 7 heteroatoms. The number of amides is 1. The molecule has 31 heavy (non-hydrogen) atoms. The monoisotopic (exact) mass is 443 g/mol. The van der Waals surface area contributed by atoms with E-state index in [9.17, 15) is 4.79 Å².